The first kappa shape index (κ1) is 14.9. The van der Waals surface area contributed by atoms with E-state index in [2.05, 4.69) is 10.4 Å². The van der Waals surface area contributed by atoms with Crippen LogP contribution in [0.5, 0.6) is 5.88 Å². The number of nitrogens with one attached hydrogen (secondary N) is 1. The second-order valence-electron chi connectivity index (χ2n) is 4.99. The molecular weight excluding hydrogens is 294 g/mol. The molecule has 1 N–H and O–H groups in total. The summed E-state index contributed by atoms with van der Waals surface area (Å²) in [5.74, 6) is 0.865. The maximum Gasteiger partial charge on any atom is 0.261 e. The molecule has 0 aliphatic rings. The molecule has 0 saturated carbocycles. The Bertz CT molecular complexity index is 751. The molecule has 1 atom stereocenters. The van der Waals surface area contributed by atoms with Gasteiger partial charge in [-0.15, -0.1) is 5.10 Å². The highest BCUT2D eigenvalue weighted by molar-refractivity contribution is 5.80. The number of amides is 1. The van der Waals surface area contributed by atoms with Crippen LogP contribution in [0.3, 0.4) is 0 Å². The molecule has 0 saturated heterocycles. The Hall–Kier alpha value is -3.02. The maximum absolute atomic E-state index is 12.0. The van der Waals surface area contributed by atoms with Crippen molar-refractivity contribution in [2.24, 2.45) is 0 Å². The molecule has 2 heterocycles. The van der Waals surface area contributed by atoms with Crippen LogP contribution in [0.1, 0.15) is 12.7 Å². The van der Waals surface area contributed by atoms with Crippen LogP contribution >= 0.6 is 0 Å². The predicted octanol–water partition coefficient (Wildman–Crippen LogP) is 2.55. The van der Waals surface area contributed by atoms with Crippen LogP contribution in [0.4, 0.5) is 0 Å². The predicted molar refractivity (Wildman–Crippen MR) is 84.2 cm³/mol. The Labute approximate surface area is 133 Å². The minimum absolute atomic E-state index is 0.226. The topological polar surface area (TPSA) is 69.3 Å². The van der Waals surface area contributed by atoms with E-state index in [0.717, 1.165) is 5.69 Å². The van der Waals surface area contributed by atoms with E-state index in [1.807, 2.05) is 30.3 Å². The highest BCUT2D eigenvalue weighted by Crippen LogP contribution is 2.13. The zero-order valence-electron chi connectivity index (χ0n) is 12.7. The molecular formula is C17H17N3O3. The first-order chi connectivity index (χ1) is 11.2. The summed E-state index contributed by atoms with van der Waals surface area (Å²) in [5.41, 5.74) is 0.928. The van der Waals surface area contributed by atoms with Gasteiger partial charge < -0.3 is 14.5 Å². The van der Waals surface area contributed by atoms with Crippen molar-refractivity contribution >= 4 is 5.91 Å². The smallest absolute Gasteiger partial charge is 0.261 e. The molecule has 0 fully saturated rings. The van der Waals surface area contributed by atoms with Crippen molar-refractivity contribution in [1.29, 1.82) is 0 Å². The number of rotatable bonds is 6. The SMILES string of the molecule is CC(Oc1ccn(-c2ccccc2)n1)C(=O)NCc1ccco1. The normalized spacial score (nSPS) is 11.9. The van der Waals surface area contributed by atoms with Gasteiger partial charge in [0.1, 0.15) is 5.76 Å². The minimum atomic E-state index is -0.649. The Morgan fingerprint density at radius 1 is 1.26 bits per heavy atom. The number of benzene rings is 1. The van der Waals surface area contributed by atoms with Gasteiger partial charge in [-0.2, -0.15) is 0 Å². The second kappa shape index (κ2) is 6.83. The molecule has 2 aromatic heterocycles. The van der Waals surface area contributed by atoms with E-state index in [9.17, 15) is 4.79 Å². The monoisotopic (exact) mass is 311 g/mol. The lowest BCUT2D eigenvalue weighted by molar-refractivity contribution is -0.127. The van der Waals surface area contributed by atoms with Gasteiger partial charge in [-0.1, -0.05) is 18.2 Å². The molecule has 3 aromatic rings. The van der Waals surface area contributed by atoms with Crippen LogP contribution < -0.4 is 10.1 Å². The molecule has 118 valence electrons. The first-order valence-corrected chi connectivity index (χ1v) is 7.30. The quantitative estimate of drug-likeness (QED) is 0.759. The molecule has 3 rings (SSSR count). The minimum Gasteiger partial charge on any atom is -0.467 e. The number of furan rings is 1. The fourth-order valence-electron chi connectivity index (χ4n) is 2.06. The van der Waals surface area contributed by atoms with E-state index in [1.54, 1.807) is 42.3 Å². The van der Waals surface area contributed by atoms with Gasteiger partial charge >= 0.3 is 0 Å². The average molecular weight is 311 g/mol. The third kappa shape index (κ3) is 3.79. The molecule has 0 spiro atoms. The molecule has 0 bridgehead atoms. The number of para-hydroxylation sites is 1. The summed E-state index contributed by atoms with van der Waals surface area (Å²) in [6.45, 7) is 2.01. The van der Waals surface area contributed by atoms with Crippen molar-refractivity contribution in [3.8, 4) is 11.6 Å². The number of hydrogen-bond acceptors (Lipinski definition) is 4. The summed E-state index contributed by atoms with van der Waals surface area (Å²) in [6.07, 6.45) is 2.71. The second-order valence-corrected chi connectivity index (χ2v) is 4.99. The van der Waals surface area contributed by atoms with Crippen molar-refractivity contribution in [2.75, 3.05) is 0 Å². The summed E-state index contributed by atoms with van der Waals surface area (Å²) < 4.78 is 12.4. The van der Waals surface area contributed by atoms with Crippen molar-refractivity contribution in [3.05, 3.63) is 66.8 Å². The van der Waals surface area contributed by atoms with Gasteiger partial charge in [0, 0.05) is 12.3 Å². The third-order valence-corrected chi connectivity index (χ3v) is 3.27. The van der Waals surface area contributed by atoms with Crippen LogP contribution in [-0.4, -0.2) is 21.8 Å². The zero-order valence-corrected chi connectivity index (χ0v) is 12.7. The molecule has 0 aliphatic carbocycles. The maximum atomic E-state index is 12.0. The number of aromatic nitrogens is 2. The van der Waals surface area contributed by atoms with Crippen molar-refractivity contribution in [3.63, 3.8) is 0 Å². The van der Waals surface area contributed by atoms with Gasteiger partial charge in [0.15, 0.2) is 6.10 Å². The highest BCUT2D eigenvalue weighted by atomic mass is 16.5. The molecule has 1 amide bonds. The number of hydrogen-bond donors (Lipinski definition) is 1. The van der Waals surface area contributed by atoms with Gasteiger partial charge in [0.25, 0.3) is 5.91 Å². The Balaban J connectivity index is 1.56. The van der Waals surface area contributed by atoms with Crippen molar-refractivity contribution in [1.82, 2.24) is 15.1 Å². The average Bonchev–Trinajstić information content (AvgIpc) is 3.25. The summed E-state index contributed by atoms with van der Waals surface area (Å²) >= 11 is 0. The molecule has 6 heteroatoms. The van der Waals surface area contributed by atoms with Crippen LogP contribution in [0.25, 0.3) is 5.69 Å². The number of carbonyl (C=O) groups excluding carboxylic acids is 1. The lowest BCUT2D eigenvalue weighted by Gasteiger charge is -2.12. The van der Waals surface area contributed by atoms with Gasteiger partial charge in [0.05, 0.1) is 18.5 Å². The van der Waals surface area contributed by atoms with Crippen molar-refractivity contribution < 1.29 is 13.9 Å². The summed E-state index contributed by atoms with van der Waals surface area (Å²) in [4.78, 5) is 12.0. The van der Waals surface area contributed by atoms with E-state index in [1.165, 1.54) is 0 Å². The molecule has 1 aromatic carbocycles. The molecule has 6 nitrogen and oxygen atoms in total. The number of nitrogens with zero attached hydrogens (tertiary/aromatic N) is 2. The number of ether oxygens (including phenoxy) is 1. The Morgan fingerprint density at radius 3 is 2.83 bits per heavy atom. The van der Waals surface area contributed by atoms with Crippen LogP contribution in [0.2, 0.25) is 0 Å². The molecule has 23 heavy (non-hydrogen) atoms. The van der Waals surface area contributed by atoms with E-state index in [0.29, 0.717) is 18.2 Å². The largest absolute Gasteiger partial charge is 0.467 e. The standard InChI is InChI=1S/C17H17N3O3/c1-13(17(21)18-12-15-8-5-11-22-15)23-16-9-10-20(19-16)14-6-3-2-4-7-14/h2-11,13H,12H2,1H3,(H,18,21). The van der Waals surface area contributed by atoms with Crippen LogP contribution in [-0.2, 0) is 11.3 Å². The fraction of sp³-hybridized carbons (Fsp3) is 0.176. The molecule has 0 aliphatic heterocycles. The van der Waals surface area contributed by atoms with Gasteiger partial charge in [-0.3, -0.25) is 4.79 Å². The lowest BCUT2D eigenvalue weighted by Crippen LogP contribution is -2.35. The van der Waals surface area contributed by atoms with E-state index in [-0.39, 0.29) is 5.91 Å². The van der Waals surface area contributed by atoms with Crippen LogP contribution in [0.15, 0.2) is 65.4 Å². The fourth-order valence-corrected chi connectivity index (χ4v) is 2.06. The molecule has 0 radical (unpaired) electrons. The van der Waals surface area contributed by atoms with E-state index >= 15 is 0 Å². The number of carbonyl (C=O) groups is 1. The van der Waals surface area contributed by atoms with Crippen molar-refractivity contribution in [2.45, 2.75) is 19.6 Å². The van der Waals surface area contributed by atoms with E-state index in [4.69, 9.17) is 9.15 Å². The van der Waals surface area contributed by atoms with Gasteiger partial charge in [-0.05, 0) is 31.2 Å². The highest BCUT2D eigenvalue weighted by Gasteiger charge is 2.16. The Morgan fingerprint density at radius 2 is 2.09 bits per heavy atom. The summed E-state index contributed by atoms with van der Waals surface area (Å²) in [5, 5.41) is 7.06. The van der Waals surface area contributed by atoms with Gasteiger partial charge in [0.2, 0.25) is 5.88 Å². The summed E-state index contributed by atoms with van der Waals surface area (Å²) in [6, 6.07) is 15.0. The third-order valence-electron chi connectivity index (χ3n) is 3.27. The molecule has 1 unspecified atom stereocenters. The lowest BCUT2D eigenvalue weighted by atomic mass is 10.3. The van der Waals surface area contributed by atoms with Gasteiger partial charge in [-0.25, -0.2) is 4.68 Å². The zero-order chi connectivity index (χ0) is 16.1. The summed E-state index contributed by atoms with van der Waals surface area (Å²) in [7, 11) is 0. The first-order valence-electron chi connectivity index (χ1n) is 7.30. The van der Waals surface area contributed by atoms with E-state index < -0.39 is 6.10 Å². The Kier molecular flexibility index (Phi) is 4.42. The van der Waals surface area contributed by atoms with Crippen LogP contribution in [0, 0.1) is 0 Å².